The van der Waals surface area contributed by atoms with Crippen LogP contribution in [-0.4, -0.2) is 15.2 Å². The summed E-state index contributed by atoms with van der Waals surface area (Å²) in [5, 5.41) is 19.4. The lowest BCUT2D eigenvalue weighted by Crippen LogP contribution is -2.11. The summed E-state index contributed by atoms with van der Waals surface area (Å²) in [6, 6.07) is 4.45. The third-order valence-electron chi connectivity index (χ3n) is 2.14. The molecule has 0 amide bonds. The summed E-state index contributed by atoms with van der Waals surface area (Å²) < 4.78 is 0. The summed E-state index contributed by atoms with van der Waals surface area (Å²) in [4.78, 5) is 13.8. The van der Waals surface area contributed by atoms with Crippen molar-refractivity contribution in [2.24, 2.45) is 0 Å². The predicted octanol–water partition coefficient (Wildman–Crippen LogP) is 1.38. The molecule has 1 aromatic heterocycles. The summed E-state index contributed by atoms with van der Waals surface area (Å²) in [6.45, 7) is -0.349. The summed E-state index contributed by atoms with van der Waals surface area (Å²) >= 11 is 5.74. The Labute approximate surface area is 89.8 Å². The Morgan fingerprint density at radius 1 is 1.33 bits per heavy atom. The highest BCUT2D eigenvalue weighted by atomic mass is 35.5. The molecule has 0 radical (unpaired) electrons. The Morgan fingerprint density at radius 2 is 2.07 bits per heavy atom. The van der Waals surface area contributed by atoms with E-state index >= 15 is 0 Å². The van der Waals surface area contributed by atoms with E-state index in [-0.39, 0.29) is 17.9 Å². The number of hydrogen-bond acceptors (Lipinski definition) is 3. The van der Waals surface area contributed by atoms with Gasteiger partial charge in [-0.1, -0.05) is 11.6 Å². The van der Waals surface area contributed by atoms with Gasteiger partial charge in [0.05, 0.1) is 12.1 Å². The molecule has 2 rings (SSSR count). The van der Waals surface area contributed by atoms with E-state index in [1.165, 1.54) is 12.1 Å². The van der Waals surface area contributed by atoms with Crippen molar-refractivity contribution in [2.75, 3.05) is 0 Å². The molecule has 0 atom stereocenters. The Hall–Kier alpha value is -1.52. The highest BCUT2D eigenvalue weighted by Gasteiger charge is 2.06. The van der Waals surface area contributed by atoms with E-state index in [4.69, 9.17) is 16.7 Å². The molecule has 0 saturated carbocycles. The van der Waals surface area contributed by atoms with Crippen molar-refractivity contribution in [3.8, 4) is 5.75 Å². The second kappa shape index (κ2) is 3.56. The van der Waals surface area contributed by atoms with E-state index < -0.39 is 5.56 Å². The van der Waals surface area contributed by atoms with Gasteiger partial charge >= 0.3 is 0 Å². The number of aromatic amines is 1. The van der Waals surface area contributed by atoms with Gasteiger partial charge in [-0.15, -0.1) is 0 Å². The van der Waals surface area contributed by atoms with E-state index in [0.29, 0.717) is 15.9 Å². The van der Waals surface area contributed by atoms with E-state index in [1.54, 1.807) is 6.07 Å². The Morgan fingerprint density at radius 3 is 2.73 bits per heavy atom. The van der Waals surface area contributed by atoms with Gasteiger partial charge in [0.25, 0.3) is 5.56 Å². The first-order valence-corrected chi connectivity index (χ1v) is 4.65. The maximum atomic E-state index is 11.3. The second-order valence-electron chi connectivity index (χ2n) is 3.17. The summed E-state index contributed by atoms with van der Waals surface area (Å²) in [5.74, 6) is -0.0842. The molecule has 0 bridgehead atoms. The normalized spacial score (nSPS) is 10.8. The Balaban J connectivity index is 2.87. The van der Waals surface area contributed by atoms with Gasteiger partial charge in [0.1, 0.15) is 5.75 Å². The first-order chi connectivity index (χ1) is 7.11. The zero-order valence-electron chi connectivity index (χ0n) is 7.62. The summed E-state index contributed by atoms with van der Waals surface area (Å²) in [5.41, 5.74) is 0.147. The fraction of sp³-hybridized carbons (Fsp3) is 0.100. The van der Waals surface area contributed by atoms with Gasteiger partial charge in [-0.25, -0.2) is 0 Å². The van der Waals surface area contributed by atoms with Crippen LogP contribution in [0.1, 0.15) is 5.56 Å². The second-order valence-corrected chi connectivity index (χ2v) is 3.61. The van der Waals surface area contributed by atoms with Gasteiger partial charge < -0.3 is 15.2 Å². The van der Waals surface area contributed by atoms with Crippen LogP contribution >= 0.6 is 11.6 Å². The number of nitrogens with one attached hydrogen (secondary N) is 1. The van der Waals surface area contributed by atoms with E-state index in [9.17, 15) is 9.90 Å². The number of H-pyrrole nitrogens is 1. The zero-order valence-corrected chi connectivity index (χ0v) is 8.38. The van der Waals surface area contributed by atoms with Crippen molar-refractivity contribution in [1.29, 1.82) is 0 Å². The summed E-state index contributed by atoms with van der Waals surface area (Å²) in [6.07, 6.45) is 0. The van der Waals surface area contributed by atoms with Crippen LogP contribution in [0, 0.1) is 0 Å². The highest BCUT2D eigenvalue weighted by molar-refractivity contribution is 6.31. The molecule has 4 nitrogen and oxygen atoms in total. The van der Waals surface area contributed by atoms with Crippen molar-refractivity contribution in [2.45, 2.75) is 6.61 Å². The molecule has 0 aliphatic rings. The molecule has 15 heavy (non-hydrogen) atoms. The third-order valence-corrected chi connectivity index (χ3v) is 2.36. The van der Waals surface area contributed by atoms with Crippen LogP contribution in [0.4, 0.5) is 0 Å². The van der Waals surface area contributed by atoms with Gasteiger partial charge in [-0.2, -0.15) is 0 Å². The number of aliphatic hydroxyl groups excluding tert-OH is 1. The van der Waals surface area contributed by atoms with Crippen molar-refractivity contribution in [3.63, 3.8) is 0 Å². The maximum Gasteiger partial charge on any atom is 0.254 e. The first kappa shape index (κ1) is 10.0. The van der Waals surface area contributed by atoms with Gasteiger partial charge in [0.15, 0.2) is 0 Å². The molecule has 5 heteroatoms. The minimum absolute atomic E-state index is 0.0842. The molecule has 0 aliphatic heterocycles. The fourth-order valence-electron chi connectivity index (χ4n) is 1.43. The monoisotopic (exact) mass is 225 g/mol. The molecular formula is C10H8ClNO3. The molecule has 0 fully saturated rings. The molecule has 1 heterocycles. The van der Waals surface area contributed by atoms with Crippen molar-refractivity contribution >= 4 is 22.5 Å². The average Bonchev–Trinajstić information content (AvgIpc) is 2.18. The predicted molar refractivity (Wildman–Crippen MR) is 57.2 cm³/mol. The molecule has 0 saturated heterocycles. The smallest absolute Gasteiger partial charge is 0.254 e. The van der Waals surface area contributed by atoms with Crippen LogP contribution in [0.5, 0.6) is 5.75 Å². The van der Waals surface area contributed by atoms with Crippen LogP contribution in [0.25, 0.3) is 10.9 Å². The highest BCUT2D eigenvalue weighted by Crippen LogP contribution is 2.26. The van der Waals surface area contributed by atoms with Crippen LogP contribution in [-0.2, 0) is 6.61 Å². The van der Waals surface area contributed by atoms with Crippen molar-refractivity contribution in [3.05, 3.63) is 39.1 Å². The van der Waals surface area contributed by atoms with Gasteiger partial charge in [0, 0.05) is 22.0 Å². The molecule has 2 aromatic rings. The van der Waals surface area contributed by atoms with Gasteiger partial charge in [-0.3, -0.25) is 4.79 Å². The minimum Gasteiger partial charge on any atom is -0.506 e. The molecule has 1 aromatic carbocycles. The standard InChI is InChI=1S/C10H8ClNO3/c11-7-2-5-1-6(4-13)10(15)12-9(5)8(14)3-7/h1-3,13-14H,4H2,(H,12,15). The SMILES string of the molecule is O=c1[nH]c2c(O)cc(Cl)cc2cc1CO. The third kappa shape index (κ3) is 1.69. The summed E-state index contributed by atoms with van der Waals surface area (Å²) in [7, 11) is 0. The van der Waals surface area contributed by atoms with E-state index in [1.807, 2.05) is 0 Å². The van der Waals surface area contributed by atoms with E-state index in [0.717, 1.165) is 0 Å². The van der Waals surface area contributed by atoms with Gasteiger partial charge in [0.2, 0.25) is 0 Å². The number of benzene rings is 1. The van der Waals surface area contributed by atoms with Crippen molar-refractivity contribution in [1.82, 2.24) is 4.98 Å². The number of aromatic nitrogens is 1. The van der Waals surface area contributed by atoms with Gasteiger partial charge in [-0.05, 0) is 12.1 Å². The molecular weight excluding hydrogens is 218 g/mol. The Kier molecular flexibility index (Phi) is 2.38. The molecule has 3 N–H and O–H groups in total. The zero-order chi connectivity index (χ0) is 11.0. The van der Waals surface area contributed by atoms with Crippen LogP contribution in [0.3, 0.4) is 0 Å². The number of hydrogen-bond donors (Lipinski definition) is 3. The fourth-order valence-corrected chi connectivity index (χ4v) is 1.65. The van der Waals surface area contributed by atoms with Crippen LogP contribution in [0.2, 0.25) is 5.02 Å². The lowest BCUT2D eigenvalue weighted by atomic mass is 10.1. The number of fused-ring (bicyclic) bond motifs is 1. The lowest BCUT2D eigenvalue weighted by molar-refractivity contribution is 0.280. The number of phenols is 1. The van der Waals surface area contributed by atoms with Crippen LogP contribution in [0.15, 0.2) is 23.0 Å². The largest absolute Gasteiger partial charge is 0.506 e. The first-order valence-electron chi connectivity index (χ1n) is 4.27. The van der Waals surface area contributed by atoms with Crippen molar-refractivity contribution < 1.29 is 10.2 Å². The minimum atomic E-state index is -0.414. The molecule has 0 unspecified atom stereocenters. The number of aliphatic hydroxyl groups is 1. The number of aromatic hydroxyl groups is 1. The molecule has 0 spiro atoms. The Bertz CT molecular complexity index is 577. The topological polar surface area (TPSA) is 73.3 Å². The number of pyridine rings is 1. The lowest BCUT2D eigenvalue weighted by Gasteiger charge is -2.03. The number of phenolic OH excluding ortho intramolecular Hbond substituents is 1. The maximum absolute atomic E-state index is 11.3. The number of rotatable bonds is 1. The number of halogens is 1. The van der Waals surface area contributed by atoms with E-state index in [2.05, 4.69) is 4.98 Å². The molecule has 78 valence electrons. The van der Waals surface area contributed by atoms with Crippen LogP contribution < -0.4 is 5.56 Å². The quantitative estimate of drug-likeness (QED) is 0.687. The molecule has 0 aliphatic carbocycles. The average molecular weight is 226 g/mol.